The Kier molecular flexibility index (Phi) is 12.7. The molecule has 64 heavy (non-hydrogen) atoms. The number of hydrogen-bond acceptors (Lipinski definition) is 6. The zero-order valence-electron chi connectivity index (χ0n) is 37.4. The number of aliphatic hydroxyl groups is 2. The molecule has 10 rings (SSSR count). The van der Waals surface area contributed by atoms with E-state index in [0.29, 0.717) is 85.9 Å². The molecule has 1 aromatic heterocycles. The molecule has 0 spiro atoms. The van der Waals surface area contributed by atoms with E-state index in [4.69, 9.17) is 20.8 Å². The van der Waals surface area contributed by atoms with Gasteiger partial charge in [0, 0.05) is 28.8 Å². The number of ketones is 1. The highest BCUT2D eigenvalue weighted by Crippen LogP contribution is 2.62. The van der Waals surface area contributed by atoms with E-state index in [1.54, 1.807) is 37.4 Å². The SMILES string of the molecule is COc1ccc(NC(=O)N(C[C@@H]2CC[C@H]3C[C@@H]2C3(C)C)C[C@]2(O)CC[C@H]3c4ccc(cc4C(=O)c4ccc(-c5cc(C(F)(F)F)ccc5Cl)o4)C[C@@H](O)CCC(C)=CCC[C@@]32C)cc1. The van der Waals surface area contributed by atoms with Crippen molar-refractivity contribution >= 4 is 29.1 Å². The summed E-state index contributed by atoms with van der Waals surface area (Å²) in [6.45, 7) is 9.43. The van der Waals surface area contributed by atoms with Crippen molar-refractivity contribution in [3.8, 4) is 17.1 Å². The van der Waals surface area contributed by atoms with Crippen LogP contribution in [0.3, 0.4) is 0 Å². The summed E-state index contributed by atoms with van der Waals surface area (Å²) in [4.78, 5) is 31.2. The van der Waals surface area contributed by atoms with Crippen molar-refractivity contribution in [2.75, 3.05) is 25.5 Å². The smallest absolute Gasteiger partial charge is 0.416 e. The number of aliphatic hydroxyl groups excluding tert-OH is 1. The first-order valence-electron chi connectivity index (χ1n) is 22.7. The van der Waals surface area contributed by atoms with Crippen molar-refractivity contribution in [2.45, 2.75) is 116 Å². The number of halogens is 4. The van der Waals surface area contributed by atoms with Crippen LogP contribution in [-0.2, 0) is 12.6 Å². The van der Waals surface area contributed by atoms with Gasteiger partial charge in [-0.3, -0.25) is 4.79 Å². The number of rotatable bonds is 9. The molecule has 4 saturated carbocycles. The number of allylic oxidation sites excluding steroid dienone is 2. The minimum absolute atomic E-state index is 0.00775. The van der Waals surface area contributed by atoms with E-state index in [1.165, 1.54) is 12.1 Å². The number of hydrogen-bond donors (Lipinski definition) is 3. The van der Waals surface area contributed by atoms with E-state index in [0.717, 1.165) is 48.6 Å². The normalized spacial score (nSPS) is 27.7. The number of carbonyl (C=O) groups is 2. The van der Waals surface area contributed by atoms with E-state index in [2.05, 4.69) is 39.1 Å². The van der Waals surface area contributed by atoms with Crippen molar-refractivity contribution in [3.05, 3.63) is 117 Å². The molecule has 0 aliphatic heterocycles. The van der Waals surface area contributed by atoms with Gasteiger partial charge < -0.3 is 29.6 Å². The number of nitrogens with zero attached hydrogens (tertiary/aromatic N) is 1. The van der Waals surface area contributed by atoms with Gasteiger partial charge in [0.25, 0.3) is 0 Å². The fraction of sp³-hybridized carbons (Fsp3) is 0.500. The number of benzene rings is 3. The van der Waals surface area contributed by atoms with E-state index >= 15 is 0 Å². The molecule has 7 atom stereocenters. The number of urea groups is 1. The molecule has 6 aliphatic carbocycles. The van der Waals surface area contributed by atoms with Gasteiger partial charge in [0.2, 0.25) is 5.78 Å². The Hall–Kier alpha value is -4.58. The standard InChI is InChI=1S/C52H60ClF3N2O6/c1-31-7-6-23-50(4)42(22-24-51(50,62)30-58(29-33-10-11-34-28-43(33)49(34,2)3)48(61)57-36-13-16-38(63-5)17-14-36)39-18-9-32(25-37(59)15-8-31)26-40(39)47(60)46-21-20-45(64-46)41-27-35(52(54,55)56)12-19-44(41)53/h7,9,12-14,16-21,26-27,33-34,37,42-43,59,62H,6,8,10-11,15,22-25,28-30H2,1-5H3,(H,57,61)/t33-,34-,37-,42-,43-,50-,51+/m0/s1. The third-order valence-electron chi connectivity index (χ3n) is 15.8. The molecule has 342 valence electrons. The van der Waals surface area contributed by atoms with Gasteiger partial charge in [0.15, 0.2) is 5.76 Å². The van der Waals surface area contributed by atoms with E-state index in [9.17, 15) is 33.0 Å². The second kappa shape index (κ2) is 17.7. The fourth-order valence-corrected chi connectivity index (χ4v) is 11.9. The molecule has 2 amide bonds. The Morgan fingerprint density at radius 1 is 0.969 bits per heavy atom. The lowest BCUT2D eigenvalue weighted by Crippen LogP contribution is -2.58. The van der Waals surface area contributed by atoms with Crippen LogP contribution in [0, 0.1) is 28.6 Å². The van der Waals surface area contributed by atoms with Crippen LogP contribution in [0.5, 0.6) is 5.75 Å². The third kappa shape index (κ3) is 8.89. The first-order valence-corrected chi connectivity index (χ1v) is 23.1. The number of anilines is 1. The summed E-state index contributed by atoms with van der Waals surface area (Å²) in [5.41, 5.74) is 0.656. The molecule has 3 N–H and O–H groups in total. The average molecular weight is 902 g/mol. The minimum atomic E-state index is -4.61. The van der Waals surface area contributed by atoms with Gasteiger partial charge >= 0.3 is 12.2 Å². The molecule has 0 unspecified atom stereocenters. The van der Waals surface area contributed by atoms with Crippen LogP contribution in [0.1, 0.15) is 124 Å². The highest BCUT2D eigenvalue weighted by atomic mass is 35.5. The number of amides is 2. The van der Waals surface area contributed by atoms with Gasteiger partial charge in [0.1, 0.15) is 11.5 Å². The zero-order chi connectivity index (χ0) is 45.8. The predicted molar refractivity (Wildman–Crippen MR) is 243 cm³/mol. The first-order chi connectivity index (χ1) is 30.3. The summed E-state index contributed by atoms with van der Waals surface area (Å²) in [5, 5.41) is 27.6. The summed E-state index contributed by atoms with van der Waals surface area (Å²) in [5.74, 6) is 1.24. The molecule has 8 nitrogen and oxygen atoms in total. The molecule has 1 heterocycles. The van der Waals surface area contributed by atoms with Crippen LogP contribution in [0.4, 0.5) is 23.7 Å². The van der Waals surface area contributed by atoms with E-state index in [-0.39, 0.29) is 51.9 Å². The predicted octanol–water partition coefficient (Wildman–Crippen LogP) is 12.5. The second-order valence-corrected chi connectivity index (χ2v) is 20.3. The Labute approximate surface area is 379 Å². The van der Waals surface area contributed by atoms with E-state index < -0.39 is 34.6 Å². The van der Waals surface area contributed by atoms with Gasteiger partial charge in [-0.1, -0.05) is 56.2 Å². The lowest BCUT2D eigenvalue weighted by molar-refractivity contribution is -0.137. The Bertz CT molecular complexity index is 2410. The number of fused-ring (bicyclic) bond motifs is 10. The molecular formula is C52H60ClF3N2O6. The molecule has 4 fully saturated rings. The Morgan fingerprint density at radius 2 is 1.73 bits per heavy atom. The molecule has 4 aromatic rings. The maximum atomic E-state index is 14.8. The van der Waals surface area contributed by atoms with Crippen LogP contribution in [-0.4, -0.2) is 58.8 Å². The summed E-state index contributed by atoms with van der Waals surface area (Å²) in [7, 11) is 1.59. The highest BCUT2D eigenvalue weighted by molar-refractivity contribution is 6.33. The number of nitrogens with one attached hydrogen (secondary N) is 1. The average Bonchev–Trinajstić information content (AvgIpc) is 3.84. The fourth-order valence-electron chi connectivity index (χ4n) is 11.7. The van der Waals surface area contributed by atoms with E-state index in [1.807, 2.05) is 17.0 Å². The summed E-state index contributed by atoms with van der Waals surface area (Å²) in [6.07, 6.45) is 3.80. The number of methoxy groups -OCH3 is 1. The molecule has 12 heteroatoms. The highest BCUT2D eigenvalue weighted by Gasteiger charge is 2.59. The maximum absolute atomic E-state index is 14.8. The van der Waals surface area contributed by atoms with Crippen LogP contribution in [0.2, 0.25) is 5.02 Å². The number of carbonyl (C=O) groups excluding carboxylic acids is 2. The van der Waals surface area contributed by atoms with Crippen LogP contribution in [0.15, 0.2) is 88.9 Å². The Balaban J connectivity index is 1.17. The summed E-state index contributed by atoms with van der Waals surface area (Å²) in [6, 6.07) is 18.4. The monoisotopic (exact) mass is 900 g/mol. The molecule has 6 aliphatic rings. The first kappa shape index (κ1) is 46.0. The van der Waals surface area contributed by atoms with Crippen LogP contribution < -0.4 is 10.1 Å². The number of ether oxygens (including phenoxy) is 1. The van der Waals surface area contributed by atoms with Gasteiger partial charge in [-0.25, -0.2) is 4.79 Å². The quantitative estimate of drug-likeness (QED) is 0.114. The van der Waals surface area contributed by atoms with Crippen molar-refractivity contribution in [2.24, 2.45) is 28.6 Å². The van der Waals surface area contributed by atoms with Crippen molar-refractivity contribution < 1.29 is 42.1 Å². The molecule has 4 bridgehead atoms. The van der Waals surface area contributed by atoms with Gasteiger partial charge in [0.05, 0.1) is 35.9 Å². The number of furan rings is 1. The molecule has 0 radical (unpaired) electrons. The van der Waals surface area contributed by atoms with Crippen molar-refractivity contribution in [1.82, 2.24) is 4.90 Å². The molecule has 0 saturated heterocycles. The van der Waals surface area contributed by atoms with Crippen LogP contribution in [0.25, 0.3) is 11.3 Å². The number of alkyl halides is 3. The zero-order valence-corrected chi connectivity index (χ0v) is 38.1. The maximum Gasteiger partial charge on any atom is 0.416 e. The Morgan fingerprint density at radius 3 is 2.44 bits per heavy atom. The molecule has 3 aromatic carbocycles. The van der Waals surface area contributed by atoms with Gasteiger partial charge in [-0.05, 0) is 172 Å². The van der Waals surface area contributed by atoms with Crippen LogP contribution >= 0.6 is 11.6 Å². The third-order valence-corrected chi connectivity index (χ3v) is 16.2. The second-order valence-electron chi connectivity index (χ2n) is 19.9. The van der Waals surface area contributed by atoms with Crippen molar-refractivity contribution in [3.63, 3.8) is 0 Å². The lowest BCUT2D eigenvalue weighted by atomic mass is 9.45. The lowest BCUT2D eigenvalue weighted by Gasteiger charge is -2.60. The summed E-state index contributed by atoms with van der Waals surface area (Å²) >= 11 is 6.38. The summed E-state index contributed by atoms with van der Waals surface area (Å²) < 4.78 is 52.5. The topological polar surface area (TPSA) is 112 Å². The van der Waals surface area contributed by atoms with Gasteiger partial charge in [-0.15, -0.1) is 0 Å². The largest absolute Gasteiger partial charge is 0.497 e. The molecular weight excluding hydrogens is 841 g/mol. The van der Waals surface area contributed by atoms with Crippen molar-refractivity contribution in [1.29, 1.82) is 0 Å². The minimum Gasteiger partial charge on any atom is -0.497 e. The van der Waals surface area contributed by atoms with Gasteiger partial charge in [-0.2, -0.15) is 13.2 Å².